The zero-order valence-electron chi connectivity index (χ0n) is 9.89. The summed E-state index contributed by atoms with van der Waals surface area (Å²) in [5.41, 5.74) is 1.24. The van der Waals surface area contributed by atoms with Gasteiger partial charge in [0.1, 0.15) is 4.60 Å². The van der Waals surface area contributed by atoms with Crippen molar-refractivity contribution in [1.29, 1.82) is 0 Å². The first-order valence-electron chi connectivity index (χ1n) is 5.29. The number of hydrogen-bond donors (Lipinski definition) is 1. The number of pyridine rings is 1. The topological polar surface area (TPSA) is 59.1 Å². The molecule has 2 rings (SSSR count). The Morgan fingerprint density at radius 3 is 2.68 bits per heavy atom. The fraction of sp³-hybridized carbons (Fsp3) is 0.0833. The van der Waals surface area contributed by atoms with Crippen molar-refractivity contribution >= 4 is 43.2 Å². The summed E-state index contributed by atoms with van der Waals surface area (Å²) in [4.78, 5) is 4.15. The highest BCUT2D eigenvalue weighted by Gasteiger charge is 2.15. The first-order chi connectivity index (χ1) is 8.88. The molecule has 19 heavy (non-hydrogen) atoms. The van der Waals surface area contributed by atoms with Crippen LogP contribution in [0.1, 0.15) is 5.56 Å². The molecule has 4 nitrogen and oxygen atoms in total. The lowest BCUT2D eigenvalue weighted by molar-refractivity contribution is 0.601. The third-order valence-corrected chi connectivity index (χ3v) is 4.82. The van der Waals surface area contributed by atoms with Crippen LogP contribution in [0.5, 0.6) is 0 Å². The molecule has 0 saturated carbocycles. The molecular formula is C12H10BrClN2O2S. The number of benzene rings is 1. The second-order valence-corrected chi connectivity index (χ2v) is 6.76. The van der Waals surface area contributed by atoms with Gasteiger partial charge in [0, 0.05) is 5.02 Å². The third-order valence-electron chi connectivity index (χ3n) is 2.37. The Morgan fingerprint density at radius 1 is 1.32 bits per heavy atom. The molecule has 1 aromatic carbocycles. The Hall–Kier alpha value is -1.11. The van der Waals surface area contributed by atoms with Gasteiger partial charge in [-0.25, -0.2) is 13.4 Å². The molecule has 0 radical (unpaired) electrons. The molecule has 0 saturated heterocycles. The Balaban J connectivity index is 2.33. The van der Waals surface area contributed by atoms with E-state index in [0.717, 1.165) is 5.56 Å². The van der Waals surface area contributed by atoms with Crippen LogP contribution < -0.4 is 4.72 Å². The number of aryl methyl sites for hydroxylation is 1. The summed E-state index contributed by atoms with van der Waals surface area (Å²) in [6, 6.07) is 7.77. The van der Waals surface area contributed by atoms with Crippen LogP contribution in [0.15, 0.2) is 46.0 Å². The largest absolute Gasteiger partial charge is 0.278 e. The zero-order chi connectivity index (χ0) is 14.0. The molecule has 0 spiro atoms. The van der Waals surface area contributed by atoms with Crippen molar-refractivity contribution in [2.24, 2.45) is 0 Å². The van der Waals surface area contributed by atoms with Gasteiger partial charge in [-0.15, -0.1) is 0 Å². The van der Waals surface area contributed by atoms with E-state index in [1.165, 1.54) is 18.3 Å². The van der Waals surface area contributed by atoms with E-state index in [-0.39, 0.29) is 4.90 Å². The van der Waals surface area contributed by atoms with Crippen molar-refractivity contribution in [3.63, 3.8) is 0 Å². The highest BCUT2D eigenvalue weighted by atomic mass is 79.9. The molecule has 0 aliphatic heterocycles. The van der Waals surface area contributed by atoms with Gasteiger partial charge in [-0.3, -0.25) is 4.72 Å². The van der Waals surface area contributed by atoms with Crippen molar-refractivity contribution in [3.05, 3.63) is 51.7 Å². The molecule has 0 amide bonds. The molecule has 0 atom stereocenters. The fourth-order valence-corrected chi connectivity index (χ4v) is 3.01. The van der Waals surface area contributed by atoms with Crippen LogP contribution in [-0.4, -0.2) is 13.4 Å². The predicted octanol–water partition coefficient (Wildman–Crippen LogP) is 3.61. The monoisotopic (exact) mass is 360 g/mol. The summed E-state index contributed by atoms with van der Waals surface area (Å²) in [5.74, 6) is 0. The number of nitrogens with one attached hydrogen (secondary N) is 1. The van der Waals surface area contributed by atoms with Crippen molar-refractivity contribution in [3.8, 4) is 0 Å². The minimum atomic E-state index is -3.66. The number of aromatic nitrogens is 1. The maximum absolute atomic E-state index is 12.1. The molecule has 2 aromatic rings. The number of hydrogen-bond acceptors (Lipinski definition) is 3. The first-order valence-corrected chi connectivity index (χ1v) is 7.94. The average molecular weight is 362 g/mol. The highest BCUT2D eigenvalue weighted by Crippen LogP contribution is 2.21. The van der Waals surface area contributed by atoms with Gasteiger partial charge in [0.15, 0.2) is 0 Å². The smallest absolute Gasteiger partial charge is 0.261 e. The van der Waals surface area contributed by atoms with E-state index >= 15 is 0 Å². The van der Waals surface area contributed by atoms with Crippen molar-refractivity contribution < 1.29 is 8.42 Å². The van der Waals surface area contributed by atoms with Gasteiger partial charge in [0.05, 0.1) is 16.8 Å². The minimum Gasteiger partial charge on any atom is -0.278 e. The normalized spacial score (nSPS) is 11.3. The first kappa shape index (κ1) is 14.3. The van der Waals surface area contributed by atoms with Gasteiger partial charge < -0.3 is 0 Å². The van der Waals surface area contributed by atoms with Crippen LogP contribution in [-0.2, 0) is 10.0 Å². The summed E-state index contributed by atoms with van der Waals surface area (Å²) in [5, 5.41) is 0.369. The summed E-state index contributed by atoms with van der Waals surface area (Å²) in [6.07, 6.45) is 1.44. The molecule has 1 N–H and O–H groups in total. The van der Waals surface area contributed by atoms with Crippen LogP contribution in [0.25, 0.3) is 0 Å². The van der Waals surface area contributed by atoms with Crippen molar-refractivity contribution in [1.82, 2.24) is 4.98 Å². The molecule has 0 aliphatic carbocycles. The van der Waals surface area contributed by atoms with E-state index in [2.05, 4.69) is 25.6 Å². The molecule has 0 fully saturated rings. The Morgan fingerprint density at radius 2 is 2.05 bits per heavy atom. The van der Waals surface area contributed by atoms with E-state index in [0.29, 0.717) is 15.3 Å². The summed E-state index contributed by atoms with van der Waals surface area (Å²) >= 11 is 9.05. The Kier molecular flexibility index (Phi) is 4.13. The van der Waals surface area contributed by atoms with Gasteiger partial charge in [-0.1, -0.05) is 17.7 Å². The predicted molar refractivity (Wildman–Crippen MR) is 78.9 cm³/mol. The van der Waals surface area contributed by atoms with Crippen LogP contribution >= 0.6 is 27.5 Å². The van der Waals surface area contributed by atoms with Gasteiger partial charge in [-0.2, -0.15) is 0 Å². The molecular weight excluding hydrogens is 352 g/mol. The van der Waals surface area contributed by atoms with Gasteiger partial charge in [-0.05, 0) is 52.7 Å². The molecule has 0 bridgehead atoms. The van der Waals surface area contributed by atoms with Crippen LogP contribution in [0.2, 0.25) is 5.02 Å². The maximum atomic E-state index is 12.1. The lowest BCUT2D eigenvalue weighted by Crippen LogP contribution is -2.13. The number of sulfonamides is 1. The van der Waals surface area contributed by atoms with E-state index < -0.39 is 10.0 Å². The number of halogens is 2. The third kappa shape index (κ3) is 3.46. The SMILES string of the molecule is Cc1cc(NS(=O)(=O)c2cccc(Cl)c2)cnc1Br. The zero-order valence-corrected chi connectivity index (χ0v) is 13.1. The standard InChI is InChI=1S/C12H10BrClN2O2S/c1-8-5-10(7-15-12(8)13)16-19(17,18)11-4-2-3-9(14)6-11/h2-7,16H,1H3. The van der Waals surface area contributed by atoms with E-state index in [4.69, 9.17) is 11.6 Å². The summed E-state index contributed by atoms with van der Waals surface area (Å²) in [6.45, 7) is 1.83. The van der Waals surface area contributed by atoms with Crippen LogP contribution in [0.4, 0.5) is 5.69 Å². The minimum absolute atomic E-state index is 0.112. The van der Waals surface area contributed by atoms with E-state index in [1.54, 1.807) is 18.2 Å². The molecule has 7 heteroatoms. The van der Waals surface area contributed by atoms with Crippen LogP contribution in [0.3, 0.4) is 0 Å². The molecule has 0 aliphatic rings. The number of anilines is 1. The fourth-order valence-electron chi connectivity index (χ4n) is 1.46. The highest BCUT2D eigenvalue weighted by molar-refractivity contribution is 9.10. The van der Waals surface area contributed by atoms with Gasteiger partial charge in [0.25, 0.3) is 10.0 Å². The summed E-state index contributed by atoms with van der Waals surface area (Å²) in [7, 11) is -3.66. The van der Waals surface area contributed by atoms with E-state index in [9.17, 15) is 8.42 Å². The van der Waals surface area contributed by atoms with Crippen molar-refractivity contribution in [2.45, 2.75) is 11.8 Å². The second kappa shape index (κ2) is 5.48. The molecule has 100 valence electrons. The van der Waals surface area contributed by atoms with Crippen LogP contribution in [0, 0.1) is 6.92 Å². The van der Waals surface area contributed by atoms with Gasteiger partial charge >= 0.3 is 0 Å². The lowest BCUT2D eigenvalue weighted by atomic mass is 10.3. The van der Waals surface area contributed by atoms with E-state index in [1.807, 2.05) is 6.92 Å². The Bertz CT molecular complexity index is 719. The number of nitrogens with zero attached hydrogens (tertiary/aromatic N) is 1. The van der Waals surface area contributed by atoms with Gasteiger partial charge in [0.2, 0.25) is 0 Å². The molecule has 1 aromatic heterocycles. The summed E-state index contributed by atoms with van der Waals surface area (Å²) < 4.78 is 27.4. The number of rotatable bonds is 3. The quantitative estimate of drug-likeness (QED) is 0.850. The molecule has 0 unspecified atom stereocenters. The second-order valence-electron chi connectivity index (χ2n) is 3.89. The Labute approximate surface area is 125 Å². The molecule has 1 heterocycles. The average Bonchev–Trinajstić information content (AvgIpc) is 2.33. The maximum Gasteiger partial charge on any atom is 0.261 e. The lowest BCUT2D eigenvalue weighted by Gasteiger charge is -2.09. The van der Waals surface area contributed by atoms with Crippen molar-refractivity contribution in [2.75, 3.05) is 4.72 Å².